The number of rotatable bonds is 6. The number of nitro benzene ring substituents is 1. The Morgan fingerprint density at radius 3 is 3.05 bits per heavy atom. The number of hydrogen-bond acceptors (Lipinski definition) is 5. The highest BCUT2D eigenvalue weighted by atomic mass is 35.5. The fourth-order valence-electron chi connectivity index (χ4n) is 1.98. The quantitative estimate of drug-likeness (QED) is 0.640. The molecular formula is C13H15ClN2O5. The van der Waals surface area contributed by atoms with Crippen LogP contribution in [0, 0.1) is 10.1 Å². The van der Waals surface area contributed by atoms with E-state index >= 15 is 0 Å². The minimum atomic E-state index is -0.606. The van der Waals surface area contributed by atoms with Crippen molar-refractivity contribution >= 4 is 23.2 Å². The molecule has 0 spiro atoms. The van der Waals surface area contributed by atoms with E-state index in [0.717, 1.165) is 12.8 Å². The van der Waals surface area contributed by atoms with E-state index in [1.54, 1.807) is 0 Å². The molecule has 1 unspecified atom stereocenters. The first-order chi connectivity index (χ1) is 10.1. The smallest absolute Gasteiger partial charge is 0.312 e. The first-order valence-electron chi connectivity index (χ1n) is 6.51. The number of amides is 1. The van der Waals surface area contributed by atoms with Crippen LogP contribution >= 0.6 is 11.6 Å². The second-order valence-electron chi connectivity index (χ2n) is 4.60. The Hall–Kier alpha value is -1.86. The van der Waals surface area contributed by atoms with Gasteiger partial charge in [-0.2, -0.15) is 0 Å². The van der Waals surface area contributed by atoms with Gasteiger partial charge in [0.1, 0.15) is 0 Å². The first-order valence-corrected chi connectivity index (χ1v) is 6.89. The van der Waals surface area contributed by atoms with Gasteiger partial charge in [0.2, 0.25) is 0 Å². The minimum absolute atomic E-state index is 0.0108. The number of hydrogen-bond donors (Lipinski definition) is 1. The van der Waals surface area contributed by atoms with Crippen molar-refractivity contribution in [2.45, 2.75) is 18.9 Å². The molecule has 7 nitrogen and oxygen atoms in total. The highest BCUT2D eigenvalue weighted by Crippen LogP contribution is 2.29. The predicted molar refractivity (Wildman–Crippen MR) is 75.6 cm³/mol. The summed E-state index contributed by atoms with van der Waals surface area (Å²) in [5.74, 6) is -0.341. The molecule has 0 bridgehead atoms. The maximum Gasteiger partial charge on any atom is 0.312 e. The Morgan fingerprint density at radius 2 is 2.38 bits per heavy atom. The number of nitrogens with zero attached hydrogens (tertiary/aromatic N) is 1. The van der Waals surface area contributed by atoms with Crippen molar-refractivity contribution in [2.75, 3.05) is 19.8 Å². The van der Waals surface area contributed by atoms with Gasteiger partial charge in [-0.15, -0.1) is 0 Å². The molecule has 0 aromatic heterocycles. The van der Waals surface area contributed by atoms with Crippen LogP contribution in [0.5, 0.6) is 5.75 Å². The van der Waals surface area contributed by atoms with E-state index in [-0.39, 0.29) is 35.1 Å². The summed E-state index contributed by atoms with van der Waals surface area (Å²) in [6, 6.07) is 4.02. The van der Waals surface area contributed by atoms with E-state index in [1.807, 2.05) is 0 Å². The van der Waals surface area contributed by atoms with E-state index in [9.17, 15) is 14.9 Å². The molecule has 0 radical (unpaired) electrons. The van der Waals surface area contributed by atoms with E-state index in [2.05, 4.69) is 5.32 Å². The number of halogens is 1. The van der Waals surface area contributed by atoms with Crippen molar-refractivity contribution in [1.29, 1.82) is 0 Å². The maximum absolute atomic E-state index is 11.6. The molecule has 8 heteroatoms. The number of carbonyl (C=O) groups is 1. The summed E-state index contributed by atoms with van der Waals surface area (Å²) in [6.07, 6.45) is 1.96. The molecule has 1 aliphatic heterocycles. The van der Waals surface area contributed by atoms with Crippen LogP contribution in [0.15, 0.2) is 18.2 Å². The van der Waals surface area contributed by atoms with E-state index in [1.165, 1.54) is 18.2 Å². The highest BCUT2D eigenvalue weighted by molar-refractivity contribution is 6.30. The lowest BCUT2D eigenvalue weighted by Crippen LogP contribution is -2.35. The Bertz CT molecular complexity index is 531. The van der Waals surface area contributed by atoms with Gasteiger partial charge in [0.05, 0.1) is 11.0 Å². The van der Waals surface area contributed by atoms with Crippen LogP contribution in [-0.4, -0.2) is 36.7 Å². The van der Waals surface area contributed by atoms with E-state index in [4.69, 9.17) is 21.1 Å². The first kappa shape index (κ1) is 15.5. The van der Waals surface area contributed by atoms with Gasteiger partial charge < -0.3 is 14.8 Å². The van der Waals surface area contributed by atoms with Gasteiger partial charge in [-0.1, -0.05) is 11.6 Å². The van der Waals surface area contributed by atoms with E-state index in [0.29, 0.717) is 13.2 Å². The summed E-state index contributed by atoms with van der Waals surface area (Å²) in [5, 5.41) is 13.8. The van der Waals surface area contributed by atoms with Crippen molar-refractivity contribution < 1.29 is 19.2 Å². The van der Waals surface area contributed by atoms with E-state index < -0.39 is 4.92 Å². The molecule has 1 aliphatic rings. The molecule has 1 heterocycles. The second kappa shape index (κ2) is 7.24. The van der Waals surface area contributed by atoms with Crippen LogP contribution < -0.4 is 10.1 Å². The van der Waals surface area contributed by atoms with Gasteiger partial charge >= 0.3 is 5.69 Å². The number of nitrogens with one attached hydrogen (secondary N) is 1. The fraction of sp³-hybridized carbons (Fsp3) is 0.462. The van der Waals surface area contributed by atoms with Crippen molar-refractivity contribution in [3.8, 4) is 5.75 Å². The molecule has 1 aromatic carbocycles. The Kier molecular flexibility index (Phi) is 5.35. The lowest BCUT2D eigenvalue weighted by molar-refractivity contribution is -0.385. The average molecular weight is 315 g/mol. The minimum Gasteiger partial charge on any atom is -0.477 e. The zero-order valence-electron chi connectivity index (χ0n) is 11.2. The van der Waals surface area contributed by atoms with Crippen molar-refractivity contribution in [3.63, 3.8) is 0 Å². The molecule has 1 N–H and O–H groups in total. The maximum atomic E-state index is 11.6. The zero-order chi connectivity index (χ0) is 15.2. The number of ether oxygens (including phenoxy) is 2. The lowest BCUT2D eigenvalue weighted by Gasteiger charge is -2.11. The van der Waals surface area contributed by atoms with Crippen LogP contribution in [0.4, 0.5) is 5.69 Å². The van der Waals surface area contributed by atoms with Crippen molar-refractivity contribution in [3.05, 3.63) is 33.3 Å². The summed E-state index contributed by atoms with van der Waals surface area (Å²) >= 11 is 5.69. The second-order valence-corrected chi connectivity index (χ2v) is 5.03. The normalized spacial score (nSPS) is 17.5. The Morgan fingerprint density at radius 1 is 1.57 bits per heavy atom. The molecule has 1 aromatic rings. The number of nitro groups is 1. The number of carbonyl (C=O) groups excluding carboxylic acids is 1. The predicted octanol–water partition coefficient (Wildman–Crippen LogP) is 1.92. The lowest BCUT2D eigenvalue weighted by atomic mass is 10.2. The summed E-state index contributed by atoms with van der Waals surface area (Å²) < 4.78 is 10.5. The van der Waals surface area contributed by atoms with Gasteiger partial charge in [0.25, 0.3) is 5.91 Å². The molecule has 1 amide bonds. The van der Waals surface area contributed by atoms with Crippen LogP contribution in [0.2, 0.25) is 5.02 Å². The molecule has 114 valence electrons. The summed E-state index contributed by atoms with van der Waals surface area (Å²) in [4.78, 5) is 21.9. The zero-order valence-corrected chi connectivity index (χ0v) is 12.0. The van der Waals surface area contributed by atoms with Crippen LogP contribution in [0.3, 0.4) is 0 Å². The molecule has 21 heavy (non-hydrogen) atoms. The molecule has 0 saturated carbocycles. The Labute approximate surface area is 126 Å². The molecule has 1 saturated heterocycles. The fourth-order valence-corrected chi connectivity index (χ4v) is 2.15. The molecule has 2 rings (SSSR count). The third-order valence-corrected chi connectivity index (χ3v) is 3.26. The third-order valence-electron chi connectivity index (χ3n) is 3.03. The van der Waals surface area contributed by atoms with Gasteiger partial charge in [-0.25, -0.2) is 0 Å². The standard InChI is InChI=1S/C13H15ClN2O5/c14-9-3-4-12(11(6-9)16(18)19)21-8-13(17)15-7-10-2-1-5-20-10/h3-4,6,10H,1-2,5,7-8H2,(H,15,17). The van der Waals surface area contributed by atoms with Crippen LogP contribution in [0.1, 0.15) is 12.8 Å². The molecular weight excluding hydrogens is 300 g/mol. The van der Waals surface area contributed by atoms with Gasteiger partial charge in [-0.05, 0) is 25.0 Å². The van der Waals surface area contributed by atoms with Crippen LogP contribution in [-0.2, 0) is 9.53 Å². The van der Waals surface area contributed by atoms with Crippen molar-refractivity contribution in [2.24, 2.45) is 0 Å². The summed E-state index contributed by atoms with van der Waals surface area (Å²) in [5.41, 5.74) is -0.269. The topological polar surface area (TPSA) is 90.7 Å². The molecule has 1 fully saturated rings. The average Bonchev–Trinajstić information content (AvgIpc) is 2.97. The molecule has 0 aliphatic carbocycles. The van der Waals surface area contributed by atoms with Gasteiger partial charge in [0, 0.05) is 24.2 Å². The van der Waals surface area contributed by atoms with Crippen molar-refractivity contribution in [1.82, 2.24) is 5.32 Å². The third kappa shape index (κ3) is 4.57. The Balaban J connectivity index is 1.84. The largest absolute Gasteiger partial charge is 0.477 e. The number of benzene rings is 1. The highest BCUT2D eigenvalue weighted by Gasteiger charge is 2.18. The SMILES string of the molecule is O=C(COc1ccc(Cl)cc1[N+](=O)[O-])NCC1CCCO1. The van der Waals surface area contributed by atoms with Crippen LogP contribution in [0.25, 0.3) is 0 Å². The molecule has 1 atom stereocenters. The van der Waals surface area contributed by atoms with Gasteiger partial charge in [-0.3, -0.25) is 14.9 Å². The summed E-state index contributed by atoms with van der Waals surface area (Å²) in [7, 11) is 0. The monoisotopic (exact) mass is 314 g/mol. The van der Waals surface area contributed by atoms with Gasteiger partial charge in [0.15, 0.2) is 12.4 Å². The summed E-state index contributed by atoms with van der Waals surface area (Å²) in [6.45, 7) is 0.841.